The number of hydrogen-bond donors (Lipinski definition) is 0. The van der Waals surface area contributed by atoms with Crippen LogP contribution in [0, 0.1) is 0 Å². The van der Waals surface area contributed by atoms with Crippen molar-refractivity contribution < 1.29 is 8.85 Å². The van der Waals surface area contributed by atoms with Crippen LogP contribution in [0.3, 0.4) is 0 Å². The second kappa shape index (κ2) is 5.75. The second-order valence-electron chi connectivity index (χ2n) is 7.72. The van der Waals surface area contributed by atoms with E-state index in [0.717, 1.165) is 12.0 Å². The summed E-state index contributed by atoms with van der Waals surface area (Å²) in [4.78, 5) is 0. The number of rotatable bonds is 6. The fourth-order valence-electron chi connectivity index (χ4n) is 1.10. The van der Waals surface area contributed by atoms with Gasteiger partial charge in [0.05, 0.1) is 0 Å². The van der Waals surface area contributed by atoms with Crippen LogP contribution in [0.5, 0.6) is 0 Å². The molecule has 5 heteroatoms. The van der Waals surface area contributed by atoms with E-state index in [-0.39, 0.29) is 0 Å². The third-order valence-corrected chi connectivity index (χ3v) is 4.75. The van der Waals surface area contributed by atoms with Crippen LogP contribution >= 0.6 is 0 Å². The van der Waals surface area contributed by atoms with E-state index in [1.165, 1.54) is 0 Å². The summed E-state index contributed by atoms with van der Waals surface area (Å²) in [5.74, 6) is 0.797. The lowest BCUT2D eigenvalue weighted by atomic mass is 10.7. The Kier molecular flexibility index (Phi) is 5.75. The standard InChI is InChI=1S/C12H30O2Si3/c1-15(2,3)11-10-12(13-16(4,5)6)14-17(7,8)9/h10H,11H2,1-9H3. The highest BCUT2D eigenvalue weighted by molar-refractivity contribution is 6.76. The van der Waals surface area contributed by atoms with E-state index in [1.807, 2.05) is 0 Å². The van der Waals surface area contributed by atoms with Gasteiger partial charge in [0.25, 0.3) is 0 Å². The van der Waals surface area contributed by atoms with E-state index in [4.69, 9.17) is 8.85 Å². The van der Waals surface area contributed by atoms with E-state index in [1.54, 1.807) is 0 Å². The fourth-order valence-corrected chi connectivity index (χ4v) is 3.42. The van der Waals surface area contributed by atoms with Gasteiger partial charge in [-0.3, -0.25) is 0 Å². The third-order valence-electron chi connectivity index (χ3n) is 1.69. The predicted molar refractivity (Wildman–Crippen MR) is 85.1 cm³/mol. The molecule has 0 aromatic heterocycles. The summed E-state index contributed by atoms with van der Waals surface area (Å²) in [6.45, 7) is 20.3. The highest BCUT2D eigenvalue weighted by Gasteiger charge is 2.24. The van der Waals surface area contributed by atoms with Crippen LogP contribution in [0.15, 0.2) is 12.0 Å². The molecule has 0 amide bonds. The maximum absolute atomic E-state index is 6.04. The average Bonchev–Trinajstić information content (AvgIpc) is 1.92. The molecular weight excluding hydrogens is 260 g/mol. The molecule has 0 saturated carbocycles. The summed E-state index contributed by atoms with van der Waals surface area (Å²) in [6.07, 6.45) is 2.18. The molecule has 0 unspecified atom stereocenters. The first kappa shape index (κ1) is 17.0. The molecule has 17 heavy (non-hydrogen) atoms. The number of hydrogen-bond acceptors (Lipinski definition) is 2. The molecule has 0 saturated heterocycles. The van der Waals surface area contributed by atoms with Crippen LogP contribution in [0.1, 0.15) is 0 Å². The number of allylic oxidation sites excluding steroid dienone is 1. The summed E-state index contributed by atoms with van der Waals surface area (Å²) in [5.41, 5.74) is 0. The molecule has 0 N–H and O–H groups in total. The quantitative estimate of drug-likeness (QED) is 0.513. The normalized spacial score (nSPS) is 13.2. The van der Waals surface area contributed by atoms with Crippen LogP contribution in [0.25, 0.3) is 0 Å². The van der Waals surface area contributed by atoms with Gasteiger partial charge < -0.3 is 8.85 Å². The molecule has 0 heterocycles. The summed E-state index contributed by atoms with van der Waals surface area (Å²) >= 11 is 0. The van der Waals surface area contributed by atoms with Crippen molar-refractivity contribution in [2.75, 3.05) is 0 Å². The van der Waals surface area contributed by atoms with E-state index in [2.05, 4.69) is 65.0 Å². The van der Waals surface area contributed by atoms with Gasteiger partial charge in [0.2, 0.25) is 22.6 Å². The van der Waals surface area contributed by atoms with Crippen molar-refractivity contribution in [1.82, 2.24) is 0 Å². The summed E-state index contributed by atoms with van der Waals surface area (Å²) in [5, 5.41) is 0. The Morgan fingerprint density at radius 1 is 0.765 bits per heavy atom. The minimum absolute atomic E-state index is 0.797. The van der Waals surface area contributed by atoms with Crippen LogP contribution in [0.4, 0.5) is 0 Å². The largest absolute Gasteiger partial charge is 0.521 e. The first-order valence-corrected chi connectivity index (χ1v) is 16.9. The molecule has 0 radical (unpaired) electrons. The third kappa shape index (κ3) is 12.2. The molecule has 0 aliphatic rings. The molecule has 0 bridgehead atoms. The van der Waals surface area contributed by atoms with Gasteiger partial charge in [-0.1, -0.05) is 19.6 Å². The maximum atomic E-state index is 6.04. The molecule has 0 aliphatic heterocycles. The minimum atomic E-state index is -1.57. The van der Waals surface area contributed by atoms with Crippen molar-refractivity contribution in [2.24, 2.45) is 0 Å². The molecule has 0 aromatic rings. The molecule has 0 spiro atoms. The lowest BCUT2D eigenvalue weighted by Gasteiger charge is -2.28. The van der Waals surface area contributed by atoms with Crippen molar-refractivity contribution in [3.8, 4) is 0 Å². The SMILES string of the molecule is C[Si](C)(C)CC=C(O[Si](C)(C)C)O[Si](C)(C)C. The molecule has 0 aliphatic carbocycles. The topological polar surface area (TPSA) is 18.5 Å². The lowest BCUT2D eigenvalue weighted by molar-refractivity contribution is 0.215. The van der Waals surface area contributed by atoms with E-state index < -0.39 is 24.7 Å². The monoisotopic (exact) mass is 290 g/mol. The summed E-state index contributed by atoms with van der Waals surface area (Å²) in [6, 6.07) is 1.12. The van der Waals surface area contributed by atoms with Crippen LogP contribution < -0.4 is 0 Å². The van der Waals surface area contributed by atoms with Gasteiger partial charge in [0, 0.05) is 8.07 Å². The average molecular weight is 291 g/mol. The van der Waals surface area contributed by atoms with Gasteiger partial charge >= 0.3 is 0 Å². The van der Waals surface area contributed by atoms with Crippen molar-refractivity contribution >= 4 is 24.7 Å². The smallest absolute Gasteiger partial charge is 0.246 e. The zero-order valence-corrected chi connectivity index (χ0v) is 16.1. The van der Waals surface area contributed by atoms with Crippen LogP contribution in [-0.4, -0.2) is 24.7 Å². The summed E-state index contributed by atoms with van der Waals surface area (Å²) < 4.78 is 12.1. The van der Waals surface area contributed by atoms with Crippen LogP contribution in [-0.2, 0) is 8.85 Å². The highest BCUT2D eigenvalue weighted by atomic mass is 28.4. The first-order chi connectivity index (χ1) is 7.29. The second-order valence-corrected chi connectivity index (χ2v) is 22.1. The van der Waals surface area contributed by atoms with Crippen molar-refractivity contribution in [1.29, 1.82) is 0 Å². The molecule has 0 aromatic carbocycles. The van der Waals surface area contributed by atoms with Crippen molar-refractivity contribution in [2.45, 2.75) is 65.0 Å². The van der Waals surface area contributed by atoms with E-state index >= 15 is 0 Å². The highest BCUT2D eigenvalue weighted by Crippen LogP contribution is 2.20. The van der Waals surface area contributed by atoms with Gasteiger partial charge in [0.1, 0.15) is 0 Å². The molecule has 0 atom stereocenters. The Labute approximate surface area is 111 Å². The van der Waals surface area contributed by atoms with Crippen LogP contribution in [0.2, 0.25) is 65.0 Å². The Bertz CT molecular complexity index is 249. The first-order valence-electron chi connectivity index (χ1n) is 6.37. The van der Waals surface area contributed by atoms with Gasteiger partial charge in [-0.2, -0.15) is 0 Å². The Morgan fingerprint density at radius 2 is 1.12 bits per heavy atom. The molecule has 2 nitrogen and oxygen atoms in total. The molecule has 0 rings (SSSR count). The Balaban J connectivity index is 4.74. The Morgan fingerprint density at radius 3 is 1.35 bits per heavy atom. The molecular formula is C12H30O2Si3. The van der Waals surface area contributed by atoms with Crippen molar-refractivity contribution in [3.05, 3.63) is 12.0 Å². The molecule has 102 valence electrons. The zero-order valence-electron chi connectivity index (χ0n) is 13.1. The Hall–Kier alpha value is -0.00935. The maximum Gasteiger partial charge on any atom is 0.246 e. The van der Waals surface area contributed by atoms with E-state index in [0.29, 0.717) is 0 Å². The minimum Gasteiger partial charge on any atom is -0.521 e. The molecule has 0 fully saturated rings. The lowest BCUT2D eigenvalue weighted by Crippen LogP contribution is -2.32. The zero-order chi connectivity index (χ0) is 13.9. The van der Waals surface area contributed by atoms with Gasteiger partial charge in [-0.15, -0.1) is 0 Å². The van der Waals surface area contributed by atoms with Gasteiger partial charge in [-0.25, -0.2) is 0 Å². The van der Waals surface area contributed by atoms with Gasteiger partial charge in [0.15, 0.2) is 0 Å². The fraction of sp³-hybridized carbons (Fsp3) is 0.833. The van der Waals surface area contributed by atoms with Crippen molar-refractivity contribution in [3.63, 3.8) is 0 Å². The predicted octanol–water partition coefficient (Wildman–Crippen LogP) is 4.87. The van der Waals surface area contributed by atoms with E-state index in [9.17, 15) is 0 Å². The summed E-state index contributed by atoms with van der Waals surface area (Å²) in [7, 11) is -4.22. The van der Waals surface area contributed by atoms with Gasteiger partial charge in [-0.05, 0) is 51.4 Å².